The molecule has 0 fully saturated rings. The lowest BCUT2D eigenvalue weighted by atomic mass is 10.2. The lowest BCUT2D eigenvalue weighted by Crippen LogP contribution is -2.12. The van der Waals surface area contributed by atoms with E-state index in [-0.39, 0.29) is 0 Å². The van der Waals surface area contributed by atoms with Crippen molar-refractivity contribution in [3.63, 3.8) is 0 Å². The van der Waals surface area contributed by atoms with Gasteiger partial charge in [-0.05, 0) is 18.2 Å². The predicted octanol–water partition coefficient (Wildman–Crippen LogP) is 2.36. The summed E-state index contributed by atoms with van der Waals surface area (Å²) in [6, 6.07) is 5.26. The number of methoxy groups -OCH3 is 1. The van der Waals surface area contributed by atoms with Crippen molar-refractivity contribution < 1.29 is 4.74 Å². The number of hydrogen-bond donors (Lipinski definition) is 1. The summed E-state index contributed by atoms with van der Waals surface area (Å²) in [4.78, 5) is 0. The number of aromatic nitrogens is 3. The van der Waals surface area contributed by atoms with Crippen molar-refractivity contribution in [2.24, 2.45) is 5.73 Å². The van der Waals surface area contributed by atoms with Crippen LogP contribution in [0.4, 0.5) is 0 Å². The predicted molar refractivity (Wildman–Crippen MR) is 75.2 cm³/mol. The van der Waals surface area contributed by atoms with Gasteiger partial charge in [-0.1, -0.05) is 23.2 Å². The molecular weight excluding hydrogens is 287 g/mol. The van der Waals surface area contributed by atoms with Gasteiger partial charge in [0.1, 0.15) is 5.82 Å². The van der Waals surface area contributed by atoms with Crippen molar-refractivity contribution in [2.75, 3.05) is 13.7 Å². The fourth-order valence-corrected chi connectivity index (χ4v) is 2.33. The number of nitrogens with two attached hydrogens (primary N) is 1. The average molecular weight is 301 g/mol. The molecule has 1 aromatic heterocycles. The molecule has 0 aliphatic carbocycles. The van der Waals surface area contributed by atoms with Gasteiger partial charge in [0.05, 0.1) is 13.2 Å². The molecule has 1 heterocycles. The van der Waals surface area contributed by atoms with Crippen LogP contribution in [0.5, 0.6) is 0 Å². The number of nitrogens with zero attached hydrogens (tertiary/aromatic N) is 3. The average Bonchev–Trinajstić information content (AvgIpc) is 2.77. The number of ether oxygens (including phenoxy) is 1. The van der Waals surface area contributed by atoms with Crippen LogP contribution >= 0.6 is 23.2 Å². The molecule has 0 saturated heterocycles. The zero-order chi connectivity index (χ0) is 13.8. The minimum absolute atomic E-state index is 0.311. The highest BCUT2D eigenvalue weighted by Gasteiger charge is 2.13. The molecule has 0 radical (unpaired) electrons. The molecule has 0 amide bonds. The Bertz CT molecular complexity index is 551. The molecule has 0 aliphatic heterocycles. The third-order valence-electron chi connectivity index (χ3n) is 2.65. The first-order chi connectivity index (χ1) is 9.15. The number of benzene rings is 1. The number of hydrogen-bond acceptors (Lipinski definition) is 4. The zero-order valence-corrected chi connectivity index (χ0v) is 11.9. The minimum atomic E-state index is 0.311. The molecule has 0 aliphatic rings. The van der Waals surface area contributed by atoms with Gasteiger partial charge in [0.15, 0.2) is 5.82 Å². The lowest BCUT2D eigenvalue weighted by Gasteiger charge is -2.09. The van der Waals surface area contributed by atoms with Gasteiger partial charge < -0.3 is 15.0 Å². The van der Waals surface area contributed by atoms with E-state index >= 15 is 0 Å². The van der Waals surface area contributed by atoms with Gasteiger partial charge in [0, 0.05) is 29.3 Å². The summed E-state index contributed by atoms with van der Waals surface area (Å²) in [5.41, 5.74) is 6.46. The molecule has 0 bridgehead atoms. The SMILES string of the molecule is COCCn1c(CN)nnc1-c1cc(Cl)cc(Cl)c1. The Morgan fingerprint density at radius 3 is 2.47 bits per heavy atom. The van der Waals surface area contributed by atoms with Crippen LogP contribution in [0.15, 0.2) is 18.2 Å². The van der Waals surface area contributed by atoms with E-state index in [9.17, 15) is 0 Å². The van der Waals surface area contributed by atoms with E-state index in [2.05, 4.69) is 10.2 Å². The van der Waals surface area contributed by atoms with Gasteiger partial charge >= 0.3 is 0 Å². The normalized spacial score (nSPS) is 10.9. The van der Waals surface area contributed by atoms with E-state index in [0.717, 1.165) is 5.56 Å². The van der Waals surface area contributed by atoms with Gasteiger partial charge in [-0.3, -0.25) is 0 Å². The Morgan fingerprint density at radius 2 is 1.89 bits per heavy atom. The summed E-state index contributed by atoms with van der Waals surface area (Å²) in [6.07, 6.45) is 0. The highest BCUT2D eigenvalue weighted by molar-refractivity contribution is 6.35. The molecular formula is C12H14Cl2N4O. The Kier molecular flexibility index (Phi) is 4.76. The van der Waals surface area contributed by atoms with E-state index in [1.165, 1.54) is 0 Å². The molecule has 0 unspecified atom stereocenters. The molecule has 2 N–H and O–H groups in total. The Morgan fingerprint density at radius 1 is 1.21 bits per heavy atom. The molecule has 0 spiro atoms. The van der Waals surface area contributed by atoms with Crippen LogP contribution in [0.25, 0.3) is 11.4 Å². The molecule has 19 heavy (non-hydrogen) atoms. The summed E-state index contributed by atoms with van der Waals surface area (Å²) in [6.45, 7) is 1.48. The summed E-state index contributed by atoms with van der Waals surface area (Å²) < 4.78 is 6.99. The van der Waals surface area contributed by atoms with E-state index in [0.29, 0.717) is 41.4 Å². The molecule has 1 aromatic carbocycles. The minimum Gasteiger partial charge on any atom is -0.383 e. The second-order valence-electron chi connectivity index (χ2n) is 3.95. The standard InChI is InChI=1S/C12H14Cl2N4O/c1-19-3-2-18-11(7-15)16-17-12(18)8-4-9(13)6-10(14)5-8/h4-6H,2-3,7,15H2,1H3. The second-order valence-corrected chi connectivity index (χ2v) is 4.82. The van der Waals surface area contributed by atoms with Crippen molar-refractivity contribution in [3.05, 3.63) is 34.1 Å². The third kappa shape index (κ3) is 3.25. The van der Waals surface area contributed by atoms with Crippen molar-refractivity contribution >= 4 is 23.2 Å². The van der Waals surface area contributed by atoms with E-state index < -0.39 is 0 Å². The Balaban J connectivity index is 2.45. The highest BCUT2D eigenvalue weighted by atomic mass is 35.5. The molecule has 7 heteroatoms. The maximum atomic E-state index is 6.01. The third-order valence-corrected chi connectivity index (χ3v) is 3.09. The molecule has 2 aromatic rings. The van der Waals surface area contributed by atoms with Crippen LogP contribution in [0.1, 0.15) is 5.82 Å². The summed E-state index contributed by atoms with van der Waals surface area (Å²) in [5.74, 6) is 1.38. The van der Waals surface area contributed by atoms with E-state index in [1.54, 1.807) is 25.3 Å². The fraction of sp³-hybridized carbons (Fsp3) is 0.333. The topological polar surface area (TPSA) is 66.0 Å². The van der Waals surface area contributed by atoms with Gasteiger partial charge in [-0.25, -0.2) is 0 Å². The molecule has 5 nitrogen and oxygen atoms in total. The van der Waals surface area contributed by atoms with Crippen molar-refractivity contribution in [2.45, 2.75) is 13.1 Å². The number of rotatable bonds is 5. The van der Waals surface area contributed by atoms with E-state index in [4.69, 9.17) is 33.7 Å². The van der Waals surface area contributed by atoms with Crippen molar-refractivity contribution in [1.29, 1.82) is 0 Å². The van der Waals surface area contributed by atoms with Gasteiger partial charge in [-0.2, -0.15) is 0 Å². The van der Waals surface area contributed by atoms with Crippen molar-refractivity contribution in [3.8, 4) is 11.4 Å². The lowest BCUT2D eigenvalue weighted by molar-refractivity contribution is 0.186. The monoisotopic (exact) mass is 300 g/mol. The van der Waals surface area contributed by atoms with Gasteiger partial charge in [0.25, 0.3) is 0 Å². The summed E-state index contributed by atoms with van der Waals surface area (Å²) >= 11 is 12.0. The highest BCUT2D eigenvalue weighted by Crippen LogP contribution is 2.26. The first-order valence-corrected chi connectivity index (χ1v) is 6.49. The van der Waals surface area contributed by atoms with Crippen molar-refractivity contribution in [1.82, 2.24) is 14.8 Å². The van der Waals surface area contributed by atoms with Crippen LogP contribution in [-0.4, -0.2) is 28.5 Å². The fourth-order valence-electron chi connectivity index (χ4n) is 1.80. The first kappa shape index (κ1) is 14.3. The van der Waals surface area contributed by atoms with Crippen LogP contribution < -0.4 is 5.73 Å². The van der Waals surface area contributed by atoms with Crippen LogP contribution in [-0.2, 0) is 17.8 Å². The summed E-state index contributed by atoms with van der Waals surface area (Å²) in [7, 11) is 1.64. The van der Waals surface area contributed by atoms with Crippen LogP contribution in [0, 0.1) is 0 Å². The molecule has 2 rings (SSSR count). The quantitative estimate of drug-likeness (QED) is 0.920. The smallest absolute Gasteiger partial charge is 0.164 e. The van der Waals surface area contributed by atoms with Gasteiger partial charge in [0.2, 0.25) is 0 Å². The second kappa shape index (κ2) is 6.34. The maximum absolute atomic E-state index is 6.01. The zero-order valence-electron chi connectivity index (χ0n) is 10.4. The molecule has 0 atom stereocenters. The van der Waals surface area contributed by atoms with Crippen LogP contribution in [0.3, 0.4) is 0 Å². The summed E-state index contributed by atoms with van der Waals surface area (Å²) in [5, 5.41) is 9.33. The largest absolute Gasteiger partial charge is 0.383 e. The molecule has 0 saturated carbocycles. The first-order valence-electron chi connectivity index (χ1n) is 5.73. The Labute approximate surface area is 121 Å². The Hall–Kier alpha value is -1.14. The van der Waals surface area contributed by atoms with Crippen LogP contribution in [0.2, 0.25) is 10.0 Å². The molecule has 102 valence electrons. The maximum Gasteiger partial charge on any atom is 0.164 e. The van der Waals surface area contributed by atoms with Gasteiger partial charge in [-0.15, -0.1) is 10.2 Å². The van der Waals surface area contributed by atoms with E-state index in [1.807, 2.05) is 4.57 Å². The number of halogens is 2.